The molecule has 2 aromatic carbocycles. The Bertz CT molecular complexity index is 901. The Morgan fingerprint density at radius 2 is 1.92 bits per heavy atom. The summed E-state index contributed by atoms with van der Waals surface area (Å²) in [5.74, 6) is 0.524. The zero-order valence-corrected chi connectivity index (χ0v) is 14.6. The highest BCUT2D eigenvalue weighted by molar-refractivity contribution is 5.94. The van der Waals surface area contributed by atoms with Crippen molar-refractivity contribution in [2.24, 2.45) is 0 Å². The summed E-state index contributed by atoms with van der Waals surface area (Å²) >= 11 is 0. The average Bonchev–Trinajstić information content (AvgIpc) is 2.61. The minimum atomic E-state index is -0.209. The van der Waals surface area contributed by atoms with Gasteiger partial charge < -0.3 is 10.1 Å². The molecule has 0 saturated heterocycles. The summed E-state index contributed by atoms with van der Waals surface area (Å²) in [7, 11) is 0. The number of carbonyl (C=O) groups excluding carboxylic acids is 1. The molecule has 5 nitrogen and oxygen atoms in total. The van der Waals surface area contributed by atoms with E-state index in [4.69, 9.17) is 4.74 Å². The van der Waals surface area contributed by atoms with Crippen LogP contribution in [0, 0.1) is 6.92 Å². The SMILES string of the molecule is Cc1cccc(C(C)C)c1NC(=O)COc1ncnc2ccccc12. The number of nitrogens with one attached hydrogen (secondary N) is 1. The normalized spacial score (nSPS) is 10.9. The van der Waals surface area contributed by atoms with Crippen LogP contribution in [0.25, 0.3) is 10.9 Å². The summed E-state index contributed by atoms with van der Waals surface area (Å²) < 4.78 is 5.63. The van der Waals surface area contributed by atoms with Crippen LogP contribution < -0.4 is 10.1 Å². The number of anilines is 1. The van der Waals surface area contributed by atoms with Crippen LogP contribution in [0.15, 0.2) is 48.8 Å². The van der Waals surface area contributed by atoms with Crippen molar-refractivity contribution in [1.82, 2.24) is 9.97 Å². The second-order valence-electron chi connectivity index (χ2n) is 6.23. The van der Waals surface area contributed by atoms with Crippen LogP contribution >= 0.6 is 0 Å². The van der Waals surface area contributed by atoms with E-state index in [0.29, 0.717) is 11.8 Å². The highest BCUT2D eigenvalue weighted by Crippen LogP contribution is 2.27. The maximum atomic E-state index is 12.4. The molecule has 0 aliphatic rings. The first kappa shape index (κ1) is 16.9. The second kappa shape index (κ2) is 7.30. The fourth-order valence-corrected chi connectivity index (χ4v) is 2.75. The number of carbonyl (C=O) groups is 1. The summed E-state index contributed by atoms with van der Waals surface area (Å²) in [4.78, 5) is 20.7. The van der Waals surface area contributed by atoms with Gasteiger partial charge in [-0.1, -0.05) is 44.2 Å². The molecule has 0 radical (unpaired) electrons. The van der Waals surface area contributed by atoms with E-state index in [9.17, 15) is 4.79 Å². The third kappa shape index (κ3) is 3.76. The van der Waals surface area contributed by atoms with E-state index in [0.717, 1.165) is 27.7 Å². The Morgan fingerprint density at radius 1 is 1.12 bits per heavy atom. The van der Waals surface area contributed by atoms with Crippen molar-refractivity contribution in [3.63, 3.8) is 0 Å². The Morgan fingerprint density at radius 3 is 2.72 bits per heavy atom. The number of nitrogens with zero attached hydrogens (tertiary/aromatic N) is 2. The molecule has 3 aromatic rings. The van der Waals surface area contributed by atoms with E-state index < -0.39 is 0 Å². The molecule has 0 saturated carbocycles. The average molecular weight is 335 g/mol. The molecule has 0 fully saturated rings. The summed E-state index contributed by atoms with van der Waals surface area (Å²) in [6.07, 6.45) is 1.44. The lowest BCUT2D eigenvalue weighted by Crippen LogP contribution is -2.22. The molecule has 0 unspecified atom stereocenters. The second-order valence-corrected chi connectivity index (χ2v) is 6.23. The van der Waals surface area contributed by atoms with Gasteiger partial charge in [-0.15, -0.1) is 0 Å². The third-order valence-electron chi connectivity index (χ3n) is 4.04. The van der Waals surface area contributed by atoms with Crippen LogP contribution in [0.1, 0.15) is 30.9 Å². The van der Waals surface area contributed by atoms with E-state index in [1.165, 1.54) is 6.33 Å². The molecule has 0 aliphatic heterocycles. The largest absolute Gasteiger partial charge is 0.467 e. The van der Waals surface area contributed by atoms with Crippen LogP contribution in [-0.4, -0.2) is 22.5 Å². The van der Waals surface area contributed by atoms with Gasteiger partial charge in [0.1, 0.15) is 6.33 Å². The van der Waals surface area contributed by atoms with Crippen LogP contribution in [0.2, 0.25) is 0 Å². The van der Waals surface area contributed by atoms with Crippen molar-refractivity contribution in [3.05, 3.63) is 59.9 Å². The highest BCUT2D eigenvalue weighted by Gasteiger charge is 2.13. The first-order chi connectivity index (χ1) is 12.1. The number of benzene rings is 2. The van der Waals surface area contributed by atoms with Gasteiger partial charge in [0, 0.05) is 5.69 Å². The van der Waals surface area contributed by atoms with Gasteiger partial charge in [-0.25, -0.2) is 9.97 Å². The zero-order chi connectivity index (χ0) is 17.8. The highest BCUT2D eigenvalue weighted by atomic mass is 16.5. The van der Waals surface area contributed by atoms with Crippen molar-refractivity contribution < 1.29 is 9.53 Å². The number of rotatable bonds is 5. The lowest BCUT2D eigenvalue weighted by molar-refractivity contribution is -0.118. The predicted octanol–water partition coefficient (Wildman–Crippen LogP) is 4.08. The van der Waals surface area contributed by atoms with E-state index in [1.807, 2.05) is 49.4 Å². The van der Waals surface area contributed by atoms with E-state index in [-0.39, 0.29) is 12.5 Å². The number of hydrogen-bond acceptors (Lipinski definition) is 4. The number of aryl methyl sites for hydroxylation is 1. The van der Waals surface area contributed by atoms with Crippen molar-refractivity contribution in [3.8, 4) is 5.88 Å². The van der Waals surface area contributed by atoms with Crippen LogP contribution in [0.3, 0.4) is 0 Å². The van der Waals surface area contributed by atoms with E-state index in [2.05, 4.69) is 29.1 Å². The first-order valence-corrected chi connectivity index (χ1v) is 8.28. The Kier molecular flexibility index (Phi) is 4.93. The number of fused-ring (bicyclic) bond motifs is 1. The van der Waals surface area contributed by atoms with Gasteiger partial charge in [-0.3, -0.25) is 4.79 Å². The lowest BCUT2D eigenvalue weighted by Gasteiger charge is -2.16. The number of para-hydroxylation sites is 2. The molecule has 0 aliphatic carbocycles. The predicted molar refractivity (Wildman–Crippen MR) is 98.9 cm³/mol. The molecule has 0 atom stereocenters. The van der Waals surface area contributed by atoms with Gasteiger partial charge in [0.15, 0.2) is 6.61 Å². The molecule has 128 valence electrons. The first-order valence-electron chi connectivity index (χ1n) is 8.28. The summed E-state index contributed by atoms with van der Waals surface area (Å²) in [6.45, 7) is 6.09. The molecular formula is C20H21N3O2. The van der Waals surface area contributed by atoms with Crippen molar-refractivity contribution in [2.75, 3.05) is 11.9 Å². The Hall–Kier alpha value is -2.95. The van der Waals surface area contributed by atoms with Gasteiger partial charge in [0.25, 0.3) is 5.91 Å². The maximum absolute atomic E-state index is 12.4. The lowest BCUT2D eigenvalue weighted by atomic mass is 9.98. The van der Waals surface area contributed by atoms with Crippen molar-refractivity contribution in [1.29, 1.82) is 0 Å². The number of amides is 1. The molecule has 0 spiro atoms. The molecule has 1 N–H and O–H groups in total. The molecule has 3 rings (SSSR count). The van der Waals surface area contributed by atoms with Gasteiger partial charge in [0.05, 0.1) is 10.9 Å². The van der Waals surface area contributed by atoms with Crippen LogP contribution in [0.5, 0.6) is 5.88 Å². The number of hydrogen-bond donors (Lipinski definition) is 1. The minimum Gasteiger partial charge on any atom is -0.467 e. The van der Waals surface area contributed by atoms with Crippen LogP contribution in [-0.2, 0) is 4.79 Å². The molecule has 1 heterocycles. The zero-order valence-electron chi connectivity index (χ0n) is 14.6. The summed E-state index contributed by atoms with van der Waals surface area (Å²) in [5.41, 5.74) is 3.79. The molecular weight excluding hydrogens is 314 g/mol. The fraction of sp³-hybridized carbons (Fsp3) is 0.250. The Balaban J connectivity index is 1.74. The topological polar surface area (TPSA) is 64.1 Å². The smallest absolute Gasteiger partial charge is 0.262 e. The van der Waals surface area contributed by atoms with Gasteiger partial charge in [-0.05, 0) is 36.1 Å². The standard InChI is InChI=1S/C20H21N3O2/c1-13(2)15-9-6-7-14(3)19(15)23-18(24)11-25-20-16-8-4-5-10-17(16)21-12-22-20/h4-10,12-13H,11H2,1-3H3,(H,23,24). The van der Waals surface area contributed by atoms with Crippen molar-refractivity contribution in [2.45, 2.75) is 26.7 Å². The molecule has 25 heavy (non-hydrogen) atoms. The van der Waals surface area contributed by atoms with Gasteiger partial charge >= 0.3 is 0 Å². The number of aromatic nitrogens is 2. The molecule has 5 heteroatoms. The molecule has 1 aromatic heterocycles. The quantitative estimate of drug-likeness (QED) is 0.763. The van der Waals surface area contributed by atoms with Crippen LogP contribution in [0.4, 0.5) is 5.69 Å². The summed E-state index contributed by atoms with van der Waals surface area (Å²) in [5, 5.41) is 3.76. The van der Waals surface area contributed by atoms with Gasteiger partial charge in [0.2, 0.25) is 5.88 Å². The monoisotopic (exact) mass is 335 g/mol. The number of ether oxygens (including phenoxy) is 1. The minimum absolute atomic E-state index is 0.104. The molecule has 0 bridgehead atoms. The maximum Gasteiger partial charge on any atom is 0.262 e. The van der Waals surface area contributed by atoms with E-state index >= 15 is 0 Å². The van der Waals surface area contributed by atoms with Gasteiger partial charge in [-0.2, -0.15) is 0 Å². The summed E-state index contributed by atoms with van der Waals surface area (Å²) in [6, 6.07) is 13.6. The van der Waals surface area contributed by atoms with Crippen molar-refractivity contribution >= 4 is 22.5 Å². The molecule has 1 amide bonds. The Labute approximate surface area is 147 Å². The fourth-order valence-electron chi connectivity index (χ4n) is 2.75. The van der Waals surface area contributed by atoms with E-state index in [1.54, 1.807) is 0 Å². The third-order valence-corrected chi connectivity index (χ3v) is 4.04.